The number of amides is 1. The molecule has 1 aromatic heterocycles. The van der Waals surface area contributed by atoms with Gasteiger partial charge in [-0.3, -0.25) is 4.79 Å². The van der Waals surface area contributed by atoms with Crippen molar-refractivity contribution >= 4 is 5.91 Å². The van der Waals surface area contributed by atoms with E-state index in [4.69, 9.17) is 23.5 Å². The molecule has 1 N–H and O–H groups in total. The fourth-order valence-electron chi connectivity index (χ4n) is 3.27. The largest absolute Gasteiger partial charge is 0.482 e. The molecule has 2 aliphatic rings. The van der Waals surface area contributed by atoms with Crippen LogP contribution >= 0.6 is 0 Å². The first-order valence-electron chi connectivity index (χ1n) is 9.23. The molecule has 148 valence electrons. The SMILES string of the molecule is CC1Oc2ccccc2OC1C(=O)NCc1cc(-c2ccc3c(c2)OCO3)on1. The Kier molecular flexibility index (Phi) is 4.23. The van der Waals surface area contributed by atoms with Gasteiger partial charge in [-0.05, 0) is 37.3 Å². The van der Waals surface area contributed by atoms with Gasteiger partial charge in [0.05, 0.1) is 6.54 Å². The van der Waals surface area contributed by atoms with Gasteiger partial charge in [0, 0.05) is 11.6 Å². The molecule has 2 aliphatic heterocycles. The van der Waals surface area contributed by atoms with Crippen molar-refractivity contribution in [3.05, 3.63) is 54.2 Å². The molecule has 0 radical (unpaired) electrons. The fraction of sp³-hybridized carbons (Fsp3) is 0.238. The van der Waals surface area contributed by atoms with Gasteiger partial charge in [-0.15, -0.1) is 0 Å². The van der Waals surface area contributed by atoms with Crippen molar-refractivity contribution in [3.63, 3.8) is 0 Å². The van der Waals surface area contributed by atoms with E-state index in [0.29, 0.717) is 34.5 Å². The van der Waals surface area contributed by atoms with E-state index in [9.17, 15) is 4.79 Å². The standard InChI is InChI=1S/C21H18N2O6/c1-12-20(28-17-5-3-2-4-16(17)27-12)21(24)22-10-14-9-18(29-23-14)13-6-7-15-19(8-13)26-11-25-15/h2-9,12,20H,10-11H2,1H3,(H,22,24). The summed E-state index contributed by atoms with van der Waals surface area (Å²) in [5.74, 6) is 2.85. The Hall–Kier alpha value is -3.68. The monoisotopic (exact) mass is 394 g/mol. The molecule has 0 bridgehead atoms. The molecule has 0 spiro atoms. The highest BCUT2D eigenvalue weighted by Gasteiger charge is 2.34. The second-order valence-electron chi connectivity index (χ2n) is 6.78. The average molecular weight is 394 g/mol. The molecule has 0 fully saturated rings. The van der Waals surface area contributed by atoms with Crippen LogP contribution in [0.15, 0.2) is 53.1 Å². The van der Waals surface area contributed by atoms with E-state index in [-0.39, 0.29) is 19.2 Å². The van der Waals surface area contributed by atoms with Crippen molar-refractivity contribution in [1.82, 2.24) is 10.5 Å². The lowest BCUT2D eigenvalue weighted by atomic mass is 10.1. The number of fused-ring (bicyclic) bond motifs is 2. The number of nitrogens with one attached hydrogen (secondary N) is 1. The topological polar surface area (TPSA) is 92.1 Å². The number of hydrogen-bond acceptors (Lipinski definition) is 7. The van der Waals surface area contributed by atoms with Crippen LogP contribution in [0.2, 0.25) is 0 Å². The Labute approximate surface area is 166 Å². The van der Waals surface area contributed by atoms with Gasteiger partial charge in [-0.1, -0.05) is 17.3 Å². The first-order valence-corrected chi connectivity index (χ1v) is 9.23. The second kappa shape index (κ2) is 7.05. The molecule has 2 atom stereocenters. The molecule has 29 heavy (non-hydrogen) atoms. The van der Waals surface area contributed by atoms with Gasteiger partial charge in [-0.2, -0.15) is 0 Å². The number of benzene rings is 2. The first-order chi connectivity index (χ1) is 14.2. The third kappa shape index (κ3) is 3.33. The van der Waals surface area contributed by atoms with Crippen LogP contribution in [-0.2, 0) is 11.3 Å². The lowest BCUT2D eigenvalue weighted by Gasteiger charge is -2.30. The zero-order valence-electron chi connectivity index (χ0n) is 15.6. The maximum absolute atomic E-state index is 12.6. The molecule has 1 amide bonds. The van der Waals surface area contributed by atoms with Crippen LogP contribution in [0, 0.1) is 0 Å². The number of carbonyl (C=O) groups is 1. The number of rotatable bonds is 4. The first kappa shape index (κ1) is 17.4. The van der Waals surface area contributed by atoms with Crippen molar-refractivity contribution in [3.8, 4) is 34.3 Å². The van der Waals surface area contributed by atoms with Gasteiger partial charge >= 0.3 is 0 Å². The molecule has 8 nitrogen and oxygen atoms in total. The van der Waals surface area contributed by atoms with Crippen LogP contribution in [0.1, 0.15) is 12.6 Å². The number of carbonyl (C=O) groups excluding carboxylic acids is 1. The maximum atomic E-state index is 12.6. The summed E-state index contributed by atoms with van der Waals surface area (Å²) in [6.45, 7) is 2.22. The smallest absolute Gasteiger partial charge is 0.265 e. The summed E-state index contributed by atoms with van der Waals surface area (Å²) in [6, 6.07) is 14.6. The molecule has 8 heteroatoms. The van der Waals surface area contributed by atoms with E-state index in [1.54, 1.807) is 19.1 Å². The minimum absolute atomic E-state index is 0.209. The van der Waals surface area contributed by atoms with Gasteiger partial charge in [-0.25, -0.2) is 0 Å². The Balaban J connectivity index is 1.24. The predicted octanol–water partition coefficient (Wildman–Crippen LogP) is 2.92. The second-order valence-corrected chi connectivity index (χ2v) is 6.78. The summed E-state index contributed by atoms with van der Waals surface area (Å²) in [4.78, 5) is 12.6. The maximum Gasteiger partial charge on any atom is 0.265 e. The molecule has 0 saturated heterocycles. The lowest BCUT2D eigenvalue weighted by Crippen LogP contribution is -2.48. The number of hydrogen-bond donors (Lipinski definition) is 1. The number of aromatic nitrogens is 1. The predicted molar refractivity (Wildman–Crippen MR) is 101 cm³/mol. The van der Waals surface area contributed by atoms with E-state index in [1.807, 2.05) is 36.4 Å². The zero-order chi connectivity index (χ0) is 19.8. The quantitative estimate of drug-likeness (QED) is 0.727. The van der Waals surface area contributed by atoms with Gasteiger partial charge in [0.2, 0.25) is 12.9 Å². The van der Waals surface area contributed by atoms with Crippen LogP contribution in [0.25, 0.3) is 11.3 Å². The van der Waals surface area contributed by atoms with Crippen molar-refractivity contribution in [2.45, 2.75) is 25.7 Å². The van der Waals surface area contributed by atoms with Gasteiger partial charge < -0.3 is 28.8 Å². The van der Waals surface area contributed by atoms with E-state index in [1.165, 1.54) is 0 Å². The molecular formula is C21H18N2O6. The van der Waals surface area contributed by atoms with Crippen LogP contribution in [0.3, 0.4) is 0 Å². The van der Waals surface area contributed by atoms with E-state index >= 15 is 0 Å². The molecular weight excluding hydrogens is 376 g/mol. The summed E-state index contributed by atoms with van der Waals surface area (Å²) in [5, 5.41) is 6.85. The van der Waals surface area contributed by atoms with E-state index in [0.717, 1.165) is 5.56 Å². The van der Waals surface area contributed by atoms with Gasteiger partial charge in [0.25, 0.3) is 5.91 Å². The molecule has 3 aromatic rings. The summed E-state index contributed by atoms with van der Waals surface area (Å²) < 4.78 is 27.7. The van der Waals surface area contributed by atoms with E-state index in [2.05, 4.69) is 10.5 Å². The minimum atomic E-state index is -0.745. The molecule has 2 unspecified atom stereocenters. The minimum Gasteiger partial charge on any atom is -0.482 e. The van der Waals surface area contributed by atoms with Gasteiger partial charge in [0.15, 0.2) is 28.8 Å². The Morgan fingerprint density at radius 1 is 1.03 bits per heavy atom. The number of nitrogens with zero attached hydrogens (tertiary/aromatic N) is 1. The third-order valence-corrected chi connectivity index (χ3v) is 4.76. The zero-order valence-corrected chi connectivity index (χ0v) is 15.6. The molecule has 3 heterocycles. The molecule has 2 aromatic carbocycles. The highest BCUT2D eigenvalue weighted by molar-refractivity contribution is 5.82. The van der Waals surface area contributed by atoms with Crippen LogP contribution in [0.4, 0.5) is 0 Å². The number of ether oxygens (including phenoxy) is 4. The third-order valence-electron chi connectivity index (χ3n) is 4.76. The van der Waals surface area contributed by atoms with Crippen LogP contribution in [0.5, 0.6) is 23.0 Å². The molecule has 5 rings (SSSR count). The summed E-state index contributed by atoms with van der Waals surface area (Å²) in [6.07, 6.45) is -1.16. The highest BCUT2D eigenvalue weighted by atomic mass is 16.7. The summed E-state index contributed by atoms with van der Waals surface area (Å²) >= 11 is 0. The average Bonchev–Trinajstić information content (AvgIpc) is 3.40. The van der Waals surface area contributed by atoms with Crippen LogP contribution < -0.4 is 24.3 Å². The Morgan fingerprint density at radius 3 is 2.69 bits per heavy atom. The van der Waals surface area contributed by atoms with Crippen LogP contribution in [-0.4, -0.2) is 30.1 Å². The molecule has 0 aliphatic carbocycles. The Morgan fingerprint density at radius 2 is 1.83 bits per heavy atom. The van der Waals surface area contributed by atoms with Crippen molar-refractivity contribution in [1.29, 1.82) is 0 Å². The van der Waals surface area contributed by atoms with Crippen molar-refractivity contribution in [2.24, 2.45) is 0 Å². The normalized spacial score (nSPS) is 19.1. The summed E-state index contributed by atoms with van der Waals surface area (Å²) in [7, 11) is 0. The van der Waals surface area contributed by atoms with Crippen molar-refractivity contribution < 1.29 is 28.3 Å². The Bertz CT molecular complexity index is 1060. The van der Waals surface area contributed by atoms with E-state index < -0.39 is 12.2 Å². The van der Waals surface area contributed by atoms with Crippen molar-refractivity contribution in [2.75, 3.05) is 6.79 Å². The lowest BCUT2D eigenvalue weighted by molar-refractivity contribution is -0.133. The number of para-hydroxylation sites is 2. The highest BCUT2D eigenvalue weighted by Crippen LogP contribution is 2.36. The van der Waals surface area contributed by atoms with Gasteiger partial charge in [0.1, 0.15) is 11.8 Å². The summed E-state index contributed by atoms with van der Waals surface area (Å²) in [5.41, 5.74) is 1.41. The molecule has 0 saturated carbocycles. The fourth-order valence-corrected chi connectivity index (χ4v) is 3.27.